The maximum Gasteiger partial charge on any atom is 0.161 e. The second-order valence-corrected chi connectivity index (χ2v) is 4.24. The van der Waals surface area contributed by atoms with Gasteiger partial charge in [-0.15, -0.1) is 0 Å². The van der Waals surface area contributed by atoms with Crippen molar-refractivity contribution >= 4 is 5.78 Å². The lowest BCUT2D eigenvalue weighted by molar-refractivity contribution is -0.270. The van der Waals surface area contributed by atoms with Gasteiger partial charge in [-0.2, -0.15) is 0 Å². The molecule has 6 atom stereocenters. The number of hydrogen-bond acceptors (Lipinski definition) is 7. The minimum absolute atomic E-state index is 0.310. The Morgan fingerprint density at radius 3 is 2.35 bits per heavy atom. The van der Waals surface area contributed by atoms with E-state index in [4.69, 9.17) is 14.9 Å². The van der Waals surface area contributed by atoms with E-state index in [0.29, 0.717) is 0 Å². The van der Waals surface area contributed by atoms with Gasteiger partial charge in [0.25, 0.3) is 0 Å². The molecule has 0 unspecified atom stereocenters. The number of ketones is 1. The molecule has 17 heavy (non-hydrogen) atoms. The lowest BCUT2D eigenvalue weighted by Gasteiger charge is -2.40. The first kappa shape index (κ1) is 14.5. The Labute approximate surface area is 98.3 Å². The molecule has 100 valence electrons. The van der Waals surface area contributed by atoms with Gasteiger partial charge in [0, 0.05) is 12.3 Å². The fourth-order valence-corrected chi connectivity index (χ4v) is 1.78. The predicted molar refractivity (Wildman–Crippen MR) is 54.8 cm³/mol. The van der Waals surface area contributed by atoms with Crippen LogP contribution in [-0.4, -0.2) is 68.6 Å². The molecule has 7 nitrogen and oxygen atoms in total. The van der Waals surface area contributed by atoms with Gasteiger partial charge in [-0.1, -0.05) is 0 Å². The molecule has 0 radical (unpaired) electrons. The lowest BCUT2D eigenvalue weighted by Crippen LogP contribution is -2.56. The van der Waals surface area contributed by atoms with Crippen molar-refractivity contribution in [1.29, 1.82) is 0 Å². The number of Topliss-reactive ketones (excluding diaryl/α,β-unsaturated/α-hetero) is 1. The summed E-state index contributed by atoms with van der Waals surface area (Å²) in [7, 11) is 0. The Morgan fingerprint density at radius 2 is 1.88 bits per heavy atom. The van der Waals surface area contributed by atoms with Gasteiger partial charge in [-0.25, -0.2) is 0 Å². The van der Waals surface area contributed by atoms with Crippen LogP contribution in [-0.2, 0) is 9.53 Å². The summed E-state index contributed by atoms with van der Waals surface area (Å²) in [6.07, 6.45) is -6.84. The normalized spacial score (nSPS) is 40.0. The van der Waals surface area contributed by atoms with Crippen molar-refractivity contribution in [1.82, 2.24) is 0 Å². The van der Waals surface area contributed by atoms with E-state index in [0.717, 1.165) is 0 Å². The van der Waals surface area contributed by atoms with E-state index >= 15 is 0 Å². The molecule has 0 saturated carbocycles. The summed E-state index contributed by atoms with van der Waals surface area (Å²) < 4.78 is 4.87. The number of aliphatic hydroxyl groups excluding tert-OH is 5. The zero-order chi connectivity index (χ0) is 13.2. The fourth-order valence-electron chi connectivity index (χ4n) is 1.78. The Balaban J connectivity index is 2.69. The summed E-state index contributed by atoms with van der Waals surface area (Å²) >= 11 is 0. The highest BCUT2D eigenvalue weighted by Gasteiger charge is 2.44. The Hall–Kier alpha value is -0.570. The van der Waals surface area contributed by atoms with Gasteiger partial charge >= 0.3 is 0 Å². The number of carbonyl (C=O) groups is 1. The molecule has 0 aromatic carbocycles. The minimum atomic E-state index is -1.46. The quantitative estimate of drug-likeness (QED) is 0.369. The Bertz CT molecular complexity index is 267. The lowest BCUT2D eigenvalue weighted by atomic mass is 9.86. The van der Waals surface area contributed by atoms with Crippen LogP contribution in [0.25, 0.3) is 0 Å². The van der Waals surface area contributed by atoms with Crippen LogP contribution in [0.15, 0.2) is 0 Å². The molecular formula is C10H18O7. The molecule has 0 aromatic rings. The first-order chi connectivity index (χ1) is 7.88. The van der Waals surface area contributed by atoms with Crippen molar-refractivity contribution in [3.63, 3.8) is 0 Å². The smallest absolute Gasteiger partial charge is 0.161 e. The van der Waals surface area contributed by atoms with E-state index in [9.17, 15) is 20.1 Å². The third-order valence-electron chi connectivity index (χ3n) is 2.93. The Kier molecular flexibility index (Phi) is 4.99. The highest BCUT2D eigenvalue weighted by molar-refractivity contribution is 5.82. The molecule has 1 aliphatic rings. The number of ether oxygens (including phenoxy) is 1. The third kappa shape index (κ3) is 3.21. The van der Waals surface area contributed by atoms with Crippen molar-refractivity contribution in [2.75, 3.05) is 6.61 Å². The van der Waals surface area contributed by atoms with Crippen molar-refractivity contribution in [2.24, 2.45) is 5.92 Å². The van der Waals surface area contributed by atoms with Gasteiger partial charge in [-0.3, -0.25) is 4.79 Å². The van der Waals surface area contributed by atoms with Gasteiger partial charge in [0.1, 0.15) is 18.3 Å². The molecular weight excluding hydrogens is 232 g/mol. The monoisotopic (exact) mass is 250 g/mol. The molecule has 1 rings (SSSR count). The first-order valence-corrected chi connectivity index (χ1v) is 5.39. The van der Waals surface area contributed by atoms with Crippen LogP contribution in [0.2, 0.25) is 0 Å². The summed E-state index contributed by atoms with van der Waals surface area (Å²) in [6, 6.07) is 0. The Morgan fingerprint density at radius 1 is 1.29 bits per heavy atom. The van der Waals surface area contributed by atoms with E-state index in [1.807, 2.05) is 0 Å². The second-order valence-electron chi connectivity index (χ2n) is 4.24. The minimum Gasteiger partial charge on any atom is -0.394 e. The topological polar surface area (TPSA) is 127 Å². The van der Waals surface area contributed by atoms with Gasteiger partial charge in [0.15, 0.2) is 12.1 Å². The average molecular weight is 250 g/mol. The maximum atomic E-state index is 11.3. The first-order valence-electron chi connectivity index (χ1n) is 5.39. The van der Waals surface area contributed by atoms with E-state index < -0.39 is 49.0 Å². The molecule has 1 saturated heterocycles. The van der Waals surface area contributed by atoms with Gasteiger partial charge in [0.05, 0.1) is 12.7 Å². The fraction of sp³-hybridized carbons (Fsp3) is 0.900. The molecule has 0 aromatic heterocycles. The van der Waals surface area contributed by atoms with Gasteiger partial charge in [0.2, 0.25) is 0 Å². The van der Waals surface area contributed by atoms with E-state index in [1.165, 1.54) is 6.92 Å². The molecule has 1 heterocycles. The van der Waals surface area contributed by atoms with Crippen molar-refractivity contribution in [3.8, 4) is 0 Å². The zero-order valence-corrected chi connectivity index (χ0v) is 9.43. The van der Waals surface area contributed by atoms with Crippen molar-refractivity contribution in [3.05, 3.63) is 0 Å². The maximum absolute atomic E-state index is 11.3. The molecule has 0 spiro atoms. The highest BCUT2D eigenvalue weighted by atomic mass is 16.6. The van der Waals surface area contributed by atoms with Crippen LogP contribution in [0, 0.1) is 5.92 Å². The summed E-state index contributed by atoms with van der Waals surface area (Å²) in [6.45, 7) is 0.726. The number of rotatable bonds is 4. The molecule has 0 aliphatic carbocycles. The second kappa shape index (κ2) is 5.85. The molecule has 1 aliphatic heterocycles. The van der Waals surface area contributed by atoms with Crippen molar-refractivity contribution in [2.45, 2.75) is 44.1 Å². The van der Waals surface area contributed by atoms with Crippen molar-refractivity contribution < 1.29 is 35.1 Å². The van der Waals surface area contributed by atoms with Gasteiger partial charge < -0.3 is 30.3 Å². The molecule has 7 heteroatoms. The third-order valence-corrected chi connectivity index (χ3v) is 2.93. The van der Waals surface area contributed by atoms with Crippen LogP contribution < -0.4 is 0 Å². The molecule has 0 bridgehead atoms. The van der Waals surface area contributed by atoms with Crippen LogP contribution in [0.1, 0.15) is 13.3 Å². The van der Waals surface area contributed by atoms with E-state index in [-0.39, 0.29) is 6.42 Å². The van der Waals surface area contributed by atoms with Crippen LogP contribution >= 0.6 is 0 Å². The number of aliphatic hydroxyl groups is 5. The predicted octanol–water partition coefficient (Wildman–Crippen LogP) is -2.63. The van der Waals surface area contributed by atoms with Crippen LogP contribution in [0.4, 0.5) is 0 Å². The molecule has 0 amide bonds. The summed E-state index contributed by atoms with van der Waals surface area (Å²) in [5.74, 6) is -1.58. The SMILES string of the molecule is C[C@H](O)C(=O)C[C@@H]1[C@@H](O)[C@H](O)[C@@H](CO)O[C@@H]1O. The van der Waals surface area contributed by atoms with E-state index in [2.05, 4.69) is 0 Å². The number of carbonyl (C=O) groups excluding carboxylic acids is 1. The highest BCUT2D eigenvalue weighted by Crippen LogP contribution is 2.27. The summed E-state index contributed by atoms with van der Waals surface area (Å²) in [5.41, 5.74) is 0. The van der Waals surface area contributed by atoms with Gasteiger partial charge in [-0.05, 0) is 6.92 Å². The van der Waals surface area contributed by atoms with E-state index in [1.54, 1.807) is 0 Å². The average Bonchev–Trinajstić information content (AvgIpc) is 2.28. The summed E-state index contributed by atoms with van der Waals surface area (Å²) in [4.78, 5) is 11.3. The molecule has 1 fully saturated rings. The zero-order valence-electron chi connectivity index (χ0n) is 9.43. The van der Waals surface area contributed by atoms with Crippen LogP contribution in [0.5, 0.6) is 0 Å². The standard InChI is InChI=1S/C10H18O7/c1-4(12)6(13)2-5-8(14)9(15)7(3-11)17-10(5)16/h4-5,7-12,14-16H,2-3H2,1H3/t4-,5+,7+,8+,9+,10-/m0/s1. The summed E-state index contributed by atoms with van der Waals surface area (Å²) in [5, 5.41) is 46.7. The largest absolute Gasteiger partial charge is 0.394 e. The number of hydrogen-bond donors (Lipinski definition) is 5. The molecule has 5 N–H and O–H groups in total. The van der Waals surface area contributed by atoms with Crippen LogP contribution in [0.3, 0.4) is 0 Å².